The summed E-state index contributed by atoms with van der Waals surface area (Å²) in [6, 6.07) is 10.1. The average molecular weight is 420 g/mol. The van der Waals surface area contributed by atoms with Gasteiger partial charge in [-0.25, -0.2) is 9.37 Å². The van der Waals surface area contributed by atoms with E-state index in [1.807, 2.05) is 18.2 Å². The molecule has 1 saturated heterocycles. The number of ether oxygens (including phenoxy) is 1. The Morgan fingerprint density at radius 3 is 2.79 bits per heavy atom. The predicted molar refractivity (Wildman–Crippen MR) is 111 cm³/mol. The number of nitrogens with zero attached hydrogens (tertiary/aromatic N) is 2. The summed E-state index contributed by atoms with van der Waals surface area (Å²) in [5.74, 6) is 0.173. The third kappa shape index (κ3) is 3.91. The molecular formula is C20H19ClFN3O2S. The zero-order valence-electron chi connectivity index (χ0n) is 15.2. The number of nitrogens with one attached hydrogen (secondary N) is 1. The lowest BCUT2D eigenvalue weighted by Crippen LogP contribution is -2.38. The highest BCUT2D eigenvalue weighted by atomic mass is 35.5. The summed E-state index contributed by atoms with van der Waals surface area (Å²) in [6.07, 6.45) is 1.47. The standard InChI is InChI=1S/C20H19ClFN3O2S/c1-27-14-3-5-17-18(11-14)28-20(24-17)25-8-6-12(7-9-25)19(26)23-13-2-4-16(22)15(21)10-13/h2-5,10-12H,6-9H2,1H3,(H,23,26). The lowest BCUT2D eigenvalue weighted by molar-refractivity contribution is -0.120. The maximum atomic E-state index is 13.3. The van der Waals surface area contributed by atoms with Crippen LogP contribution in [0.2, 0.25) is 5.02 Å². The fraction of sp³-hybridized carbons (Fsp3) is 0.300. The Bertz CT molecular complexity index is 1020. The van der Waals surface area contributed by atoms with Gasteiger partial charge >= 0.3 is 0 Å². The number of amides is 1. The topological polar surface area (TPSA) is 54.5 Å². The van der Waals surface area contributed by atoms with Crippen molar-refractivity contribution in [2.24, 2.45) is 5.92 Å². The molecule has 1 aliphatic heterocycles. The molecular weight excluding hydrogens is 401 g/mol. The third-order valence-corrected chi connectivity index (χ3v) is 6.28. The molecule has 2 aromatic carbocycles. The van der Waals surface area contributed by atoms with E-state index in [0.717, 1.165) is 47.0 Å². The maximum Gasteiger partial charge on any atom is 0.227 e. The first-order chi connectivity index (χ1) is 13.5. The molecule has 0 bridgehead atoms. The van der Waals surface area contributed by atoms with Gasteiger partial charge in [-0.15, -0.1) is 0 Å². The van der Waals surface area contributed by atoms with Crippen molar-refractivity contribution < 1.29 is 13.9 Å². The Kier molecular flexibility index (Phi) is 5.37. The Hall–Kier alpha value is -2.38. The Morgan fingerprint density at radius 2 is 2.07 bits per heavy atom. The van der Waals surface area contributed by atoms with Gasteiger partial charge in [0.25, 0.3) is 0 Å². The van der Waals surface area contributed by atoms with Crippen molar-refractivity contribution in [3.63, 3.8) is 0 Å². The highest BCUT2D eigenvalue weighted by Crippen LogP contribution is 2.33. The molecule has 0 unspecified atom stereocenters. The van der Waals surface area contributed by atoms with Crippen molar-refractivity contribution in [3.8, 4) is 5.75 Å². The van der Waals surface area contributed by atoms with Crippen LogP contribution in [0.1, 0.15) is 12.8 Å². The van der Waals surface area contributed by atoms with E-state index in [-0.39, 0.29) is 16.8 Å². The van der Waals surface area contributed by atoms with Crippen LogP contribution in [-0.2, 0) is 4.79 Å². The van der Waals surface area contributed by atoms with Crippen LogP contribution in [0.3, 0.4) is 0 Å². The number of piperidine rings is 1. The molecule has 1 aliphatic rings. The molecule has 5 nitrogen and oxygen atoms in total. The summed E-state index contributed by atoms with van der Waals surface area (Å²) in [7, 11) is 1.65. The van der Waals surface area contributed by atoms with Crippen LogP contribution in [0.25, 0.3) is 10.2 Å². The van der Waals surface area contributed by atoms with Gasteiger partial charge in [-0.1, -0.05) is 22.9 Å². The Balaban J connectivity index is 1.38. The minimum absolute atomic E-state index is 0.0000794. The normalized spacial score (nSPS) is 15.0. The van der Waals surface area contributed by atoms with E-state index in [0.29, 0.717) is 5.69 Å². The van der Waals surface area contributed by atoms with Crippen LogP contribution in [0, 0.1) is 11.7 Å². The smallest absolute Gasteiger partial charge is 0.227 e. The van der Waals surface area contributed by atoms with Crippen LogP contribution in [0.15, 0.2) is 36.4 Å². The number of carbonyl (C=O) groups excluding carboxylic acids is 1. The highest BCUT2D eigenvalue weighted by Gasteiger charge is 2.26. The van der Waals surface area contributed by atoms with E-state index < -0.39 is 5.82 Å². The van der Waals surface area contributed by atoms with E-state index >= 15 is 0 Å². The quantitative estimate of drug-likeness (QED) is 0.649. The molecule has 2 heterocycles. The molecule has 4 rings (SSSR count). The Morgan fingerprint density at radius 1 is 1.29 bits per heavy atom. The number of benzene rings is 2. The minimum atomic E-state index is -0.499. The monoisotopic (exact) mass is 419 g/mol. The number of hydrogen-bond donors (Lipinski definition) is 1. The predicted octanol–water partition coefficient (Wildman–Crippen LogP) is 4.95. The summed E-state index contributed by atoms with van der Waals surface area (Å²) in [5, 5.41) is 3.80. The molecule has 1 fully saturated rings. The van der Waals surface area contributed by atoms with Crippen LogP contribution in [-0.4, -0.2) is 31.1 Å². The molecule has 0 radical (unpaired) electrons. The fourth-order valence-corrected chi connectivity index (χ4v) is 4.53. The lowest BCUT2D eigenvalue weighted by Gasteiger charge is -2.31. The molecule has 0 atom stereocenters. The number of methoxy groups -OCH3 is 1. The van der Waals surface area contributed by atoms with Crippen LogP contribution >= 0.6 is 22.9 Å². The van der Waals surface area contributed by atoms with Crippen LogP contribution in [0.5, 0.6) is 5.75 Å². The summed E-state index contributed by atoms with van der Waals surface area (Å²) >= 11 is 7.41. The number of fused-ring (bicyclic) bond motifs is 1. The third-order valence-electron chi connectivity index (χ3n) is 4.91. The molecule has 0 spiro atoms. The molecule has 1 N–H and O–H groups in total. The van der Waals surface area contributed by atoms with Gasteiger partial charge in [0.05, 0.1) is 22.3 Å². The molecule has 1 amide bonds. The number of anilines is 2. The van der Waals surface area contributed by atoms with Gasteiger partial charge in [-0.2, -0.15) is 0 Å². The molecule has 3 aromatic rings. The van der Waals surface area contributed by atoms with Crippen molar-refractivity contribution in [1.29, 1.82) is 0 Å². The number of halogens is 2. The van der Waals surface area contributed by atoms with E-state index in [2.05, 4.69) is 10.2 Å². The molecule has 8 heteroatoms. The first-order valence-corrected chi connectivity index (χ1v) is 10.2. The number of aromatic nitrogens is 1. The number of carbonyl (C=O) groups is 1. The van der Waals surface area contributed by atoms with Gasteiger partial charge in [-0.05, 0) is 49.2 Å². The van der Waals surface area contributed by atoms with Gasteiger partial charge in [-0.3, -0.25) is 4.79 Å². The largest absolute Gasteiger partial charge is 0.497 e. The van der Waals surface area contributed by atoms with Crippen molar-refractivity contribution in [2.75, 3.05) is 30.4 Å². The number of thiazole rings is 1. The van der Waals surface area contributed by atoms with Gasteiger partial charge in [0.1, 0.15) is 11.6 Å². The second-order valence-corrected chi connectivity index (χ2v) is 8.13. The number of hydrogen-bond acceptors (Lipinski definition) is 5. The summed E-state index contributed by atoms with van der Waals surface area (Å²) in [5.41, 5.74) is 1.47. The van der Waals surface area contributed by atoms with E-state index in [9.17, 15) is 9.18 Å². The van der Waals surface area contributed by atoms with Crippen LogP contribution < -0.4 is 15.0 Å². The van der Waals surface area contributed by atoms with E-state index in [1.54, 1.807) is 18.4 Å². The zero-order chi connectivity index (χ0) is 19.7. The van der Waals surface area contributed by atoms with Gasteiger partial charge in [0.2, 0.25) is 5.91 Å². The van der Waals surface area contributed by atoms with E-state index in [4.69, 9.17) is 21.3 Å². The first kappa shape index (κ1) is 19.0. The van der Waals surface area contributed by atoms with Crippen molar-refractivity contribution >= 4 is 49.9 Å². The second kappa shape index (κ2) is 7.93. The second-order valence-electron chi connectivity index (χ2n) is 6.71. The highest BCUT2D eigenvalue weighted by molar-refractivity contribution is 7.22. The van der Waals surface area contributed by atoms with E-state index in [1.165, 1.54) is 18.2 Å². The van der Waals surface area contributed by atoms with Crippen molar-refractivity contribution in [1.82, 2.24) is 4.98 Å². The fourth-order valence-electron chi connectivity index (χ4n) is 3.31. The molecule has 1 aromatic heterocycles. The Labute approximate surface area is 171 Å². The van der Waals surface area contributed by atoms with Crippen molar-refractivity contribution in [2.45, 2.75) is 12.8 Å². The zero-order valence-corrected chi connectivity index (χ0v) is 16.8. The van der Waals surface area contributed by atoms with Gasteiger partial charge < -0.3 is 15.0 Å². The molecule has 146 valence electrons. The number of rotatable bonds is 4. The summed E-state index contributed by atoms with van der Waals surface area (Å²) in [6.45, 7) is 1.53. The average Bonchev–Trinajstić information content (AvgIpc) is 3.14. The maximum absolute atomic E-state index is 13.3. The summed E-state index contributed by atoms with van der Waals surface area (Å²) < 4.78 is 19.6. The van der Waals surface area contributed by atoms with Crippen LogP contribution in [0.4, 0.5) is 15.2 Å². The van der Waals surface area contributed by atoms with Gasteiger partial charge in [0.15, 0.2) is 5.13 Å². The first-order valence-electron chi connectivity index (χ1n) is 8.99. The molecule has 0 saturated carbocycles. The van der Waals surface area contributed by atoms with Gasteiger partial charge in [0, 0.05) is 24.7 Å². The summed E-state index contributed by atoms with van der Waals surface area (Å²) in [4.78, 5) is 19.4. The minimum Gasteiger partial charge on any atom is -0.497 e. The molecule has 0 aliphatic carbocycles. The SMILES string of the molecule is COc1ccc2nc(N3CCC(C(=O)Nc4ccc(F)c(Cl)c4)CC3)sc2c1. The van der Waals surface area contributed by atoms with Crippen molar-refractivity contribution in [3.05, 3.63) is 47.2 Å². The lowest BCUT2D eigenvalue weighted by atomic mass is 9.96. The molecule has 28 heavy (non-hydrogen) atoms.